The summed E-state index contributed by atoms with van der Waals surface area (Å²) in [5.41, 5.74) is 4.74. The number of nitrogens with zero attached hydrogens (tertiary/aromatic N) is 4. The molecule has 0 spiro atoms. The third-order valence-electron chi connectivity index (χ3n) is 4.52. The Hall–Kier alpha value is -1.85. The predicted molar refractivity (Wildman–Crippen MR) is 94.1 cm³/mol. The van der Waals surface area contributed by atoms with Gasteiger partial charge >= 0.3 is 0 Å². The molecule has 4 nitrogen and oxygen atoms in total. The minimum absolute atomic E-state index is 1.03. The number of piperazine rings is 1. The number of amidine groups is 1. The first kappa shape index (κ1) is 13.8. The van der Waals surface area contributed by atoms with Gasteiger partial charge in [-0.1, -0.05) is 12.1 Å². The minimum atomic E-state index is 1.03. The number of para-hydroxylation sites is 1. The molecule has 2 aliphatic heterocycles. The van der Waals surface area contributed by atoms with Gasteiger partial charge in [-0.15, -0.1) is 11.3 Å². The minimum Gasteiger partial charge on any atom is -0.353 e. The Bertz CT molecular complexity index is 713. The summed E-state index contributed by atoms with van der Waals surface area (Å²) in [7, 11) is 4.32. The Balaban J connectivity index is 1.84. The maximum absolute atomic E-state index is 5.03. The van der Waals surface area contributed by atoms with Gasteiger partial charge in [-0.25, -0.2) is 4.99 Å². The highest BCUT2D eigenvalue weighted by Gasteiger charge is 2.26. The number of thiophene rings is 1. The van der Waals surface area contributed by atoms with Crippen LogP contribution in [0.25, 0.3) is 0 Å². The number of likely N-dealkylation sites (N-methyl/N-ethyl adjacent to an activating group) is 1. The first-order valence-electron chi connectivity index (χ1n) is 7.65. The lowest BCUT2D eigenvalue weighted by Crippen LogP contribution is -2.47. The molecule has 1 aromatic heterocycles. The lowest BCUT2D eigenvalue weighted by Gasteiger charge is -2.35. The third kappa shape index (κ3) is 2.21. The van der Waals surface area contributed by atoms with E-state index in [0.717, 1.165) is 37.7 Å². The summed E-state index contributed by atoms with van der Waals surface area (Å²) < 4.78 is 0. The van der Waals surface area contributed by atoms with E-state index in [1.54, 1.807) is 11.3 Å². The summed E-state index contributed by atoms with van der Waals surface area (Å²) in [6.07, 6.45) is 0. The Morgan fingerprint density at radius 1 is 0.955 bits per heavy atom. The molecule has 0 radical (unpaired) electrons. The second-order valence-electron chi connectivity index (χ2n) is 5.94. The molecule has 0 amide bonds. The molecule has 4 rings (SSSR count). The van der Waals surface area contributed by atoms with Gasteiger partial charge in [-0.2, -0.15) is 0 Å². The summed E-state index contributed by atoms with van der Waals surface area (Å²) in [5, 5.41) is 4.33. The topological polar surface area (TPSA) is 22.1 Å². The average Bonchev–Trinajstić information content (AvgIpc) is 2.97. The van der Waals surface area contributed by atoms with E-state index in [0.29, 0.717) is 0 Å². The molecule has 0 aliphatic carbocycles. The molecular formula is C17H20N4S. The fourth-order valence-electron chi connectivity index (χ4n) is 3.14. The molecule has 0 atom stereocenters. The van der Waals surface area contributed by atoms with Crippen LogP contribution >= 0.6 is 11.3 Å². The van der Waals surface area contributed by atoms with Crippen LogP contribution in [0.3, 0.4) is 0 Å². The highest BCUT2D eigenvalue weighted by atomic mass is 32.1. The van der Waals surface area contributed by atoms with Crippen molar-refractivity contribution in [3.63, 3.8) is 0 Å². The number of fused-ring (bicyclic) bond motifs is 2. The van der Waals surface area contributed by atoms with Crippen molar-refractivity contribution in [1.29, 1.82) is 0 Å². The van der Waals surface area contributed by atoms with Crippen molar-refractivity contribution in [3.8, 4) is 0 Å². The Kier molecular flexibility index (Phi) is 3.39. The van der Waals surface area contributed by atoms with Crippen LogP contribution in [-0.4, -0.2) is 55.9 Å². The van der Waals surface area contributed by atoms with Crippen LogP contribution in [0.4, 0.5) is 17.1 Å². The standard InChI is InChI=1S/C17H20N4S/c1-19-7-9-21(10-8-19)17-13-5-3-4-6-15(13)20(2)16-12-22-11-14(16)18-17/h3-6,11-12H,7-10H2,1-2H3. The van der Waals surface area contributed by atoms with E-state index in [2.05, 4.69) is 63.8 Å². The van der Waals surface area contributed by atoms with Gasteiger partial charge in [0.25, 0.3) is 0 Å². The summed E-state index contributed by atoms with van der Waals surface area (Å²) in [5.74, 6) is 1.12. The highest BCUT2D eigenvalue weighted by Crippen LogP contribution is 2.41. The summed E-state index contributed by atoms with van der Waals surface area (Å²) in [6.45, 7) is 4.25. The fourth-order valence-corrected chi connectivity index (χ4v) is 3.91. The van der Waals surface area contributed by atoms with Crippen molar-refractivity contribution < 1.29 is 0 Å². The zero-order chi connectivity index (χ0) is 15.1. The van der Waals surface area contributed by atoms with Gasteiger partial charge in [0, 0.05) is 49.6 Å². The molecule has 1 aromatic carbocycles. The highest BCUT2D eigenvalue weighted by molar-refractivity contribution is 7.09. The molecule has 22 heavy (non-hydrogen) atoms. The normalized spacial score (nSPS) is 18.5. The number of benzene rings is 1. The van der Waals surface area contributed by atoms with Gasteiger partial charge in [0.15, 0.2) is 0 Å². The Morgan fingerprint density at radius 3 is 2.55 bits per heavy atom. The largest absolute Gasteiger partial charge is 0.353 e. The molecule has 0 N–H and O–H groups in total. The summed E-state index contributed by atoms with van der Waals surface area (Å²) >= 11 is 1.72. The van der Waals surface area contributed by atoms with Crippen molar-refractivity contribution >= 4 is 34.2 Å². The van der Waals surface area contributed by atoms with Crippen molar-refractivity contribution in [2.75, 3.05) is 45.2 Å². The number of hydrogen-bond donors (Lipinski definition) is 0. The smallest absolute Gasteiger partial charge is 0.138 e. The van der Waals surface area contributed by atoms with Crippen molar-refractivity contribution in [2.45, 2.75) is 0 Å². The molecule has 1 fully saturated rings. The van der Waals surface area contributed by atoms with Crippen LogP contribution in [0.15, 0.2) is 40.0 Å². The van der Waals surface area contributed by atoms with Gasteiger partial charge < -0.3 is 14.7 Å². The maximum Gasteiger partial charge on any atom is 0.138 e. The van der Waals surface area contributed by atoms with Crippen molar-refractivity contribution in [2.24, 2.45) is 4.99 Å². The van der Waals surface area contributed by atoms with Crippen LogP contribution < -0.4 is 4.90 Å². The molecule has 2 aliphatic rings. The molecule has 114 valence electrons. The zero-order valence-corrected chi connectivity index (χ0v) is 13.8. The van der Waals surface area contributed by atoms with Crippen LogP contribution in [0, 0.1) is 0 Å². The van der Waals surface area contributed by atoms with E-state index in [4.69, 9.17) is 4.99 Å². The molecule has 0 bridgehead atoms. The third-order valence-corrected chi connectivity index (χ3v) is 5.24. The molecule has 1 saturated heterocycles. The van der Waals surface area contributed by atoms with Gasteiger partial charge in [0.2, 0.25) is 0 Å². The first-order chi connectivity index (χ1) is 10.7. The molecular weight excluding hydrogens is 292 g/mol. The first-order valence-corrected chi connectivity index (χ1v) is 8.60. The van der Waals surface area contributed by atoms with Crippen LogP contribution in [-0.2, 0) is 0 Å². The molecule has 3 heterocycles. The number of rotatable bonds is 0. The number of aliphatic imine (C=N–C) groups is 1. The number of anilines is 2. The Morgan fingerprint density at radius 2 is 1.73 bits per heavy atom. The summed E-state index contributed by atoms with van der Waals surface area (Å²) in [4.78, 5) is 12.1. The molecule has 0 saturated carbocycles. The molecule has 2 aromatic rings. The average molecular weight is 312 g/mol. The van der Waals surface area contributed by atoms with Crippen LogP contribution in [0.5, 0.6) is 0 Å². The zero-order valence-electron chi connectivity index (χ0n) is 13.0. The second-order valence-corrected chi connectivity index (χ2v) is 6.69. The van der Waals surface area contributed by atoms with E-state index < -0.39 is 0 Å². The SMILES string of the molecule is CN1CCN(C2=Nc3cscc3N(C)c3ccccc32)CC1. The lowest BCUT2D eigenvalue weighted by molar-refractivity contribution is 0.216. The van der Waals surface area contributed by atoms with Gasteiger partial charge in [0.05, 0.1) is 17.1 Å². The monoisotopic (exact) mass is 312 g/mol. The quantitative estimate of drug-likeness (QED) is 0.746. The van der Waals surface area contributed by atoms with Crippen molar-refractivity contribution in [3.05, 3.63) is 40.6 Å². The Labute approximate surface area is 135 Å². The predicted octanol–water partition coefficient (Wildman–Crippen LogP) is 3.16. The van der Waals surface area contributed by atoms with E-state index in [9.17, 15) is 0 Å². The summed E-state index contributed by atoms with van der Waals surface area (Å²) in [6, 6.07) is 8.59. The van der Waals surface area contributed by atoms with Crippen LogP contribution in [0.1, 0.15) is 5.56 Å². The van der Waals surface area contributed by atoms with Crippen LogP contribution in [0.2, 0.25) is 0 Å². The second kappa shape index (κ2) is 5.41. The van der Waals surface area contributed by atoms with E-state index in [-0.39, 0.29) is 0 Å². The van der Waals surface area contributed by atoms with Gasteiger partial charge in [0.1, 0.15) is 5.84 Å². The number of hydrogen-bond acceptors (Lipinski definition) is 5. The lowest BCUT2D eigenvalue weighted by atomic mass is 10.1. The van der Waals surface area contributed by atoms with Gasteiger partial charge in [-0.05, 0) is 19.2 Å². The van der Waals surface area contributed by atoms with E-state index in [1.165, 1.54) is 16.9 Å². The van der Waals surface area contributed by atoms with E-state index in [1.807, 2.05) is 0 Å². The van der Waals surface area contributed by atoms with E-state index >= 15 is 0 Å². The maximum atomic E-state index is 5.03. The fraction of sp³-hybridized carbons (Fsp3) is 0.353. The molecule has 0 unspecified atom stereocenters. The molecule has 5 heteroatoms. The van der Waals surface area contributed by atoms with Gasteiger partial charge in [-0.3, -0.25) is 0 Å². The van der Waals surface area contributed by atoms with Crippen molar-refractivity contribution in [1.82, 2.24) is 9.80 Å².